The van der Waals surface area contributed by atoms with Crippen LogP contribution in [0.2, 0.25) is 5.28 Å². The molecule has 11 heteroatoms. The third kappa shape index (κ3) is 8.30. The van der Waals surface area contributed by atoms with E-state index in [1.807, 2.05) is 26.8 Å². The van der Waals surface area contributed by atoms with Crippen molar-refractivity contribution in [3.63, 3.8) is 0 Å². The molecule has 3 aromatic rings. The molecule has 0 radical (unpaired) electrons. The zero-order valence-electron chi connectivity index (χ0n) is 23.8. The van der Waals surface area contributed by atoms with Crippen molar-refractivity contribution in [2.24, 2.45) is 5.92 Å². The van der Waals surface area contributed by atoms with Crippen LogP contribution in [0.15, 0.2) is 36.5 Å². The maximum absolute atomic E-state index is 14.6. The van der Waals surface area contributed by atoms with Gasteiger partial charge in [-0.3, -0.25) is 4.90 Å². The van der Waals surface area contributed by atoms with Crippen molar-refractivity contribution in [2.45, 2.75) is 91.0 Å². The Bertz CT molecular complexity index is 1380. The molecule has 1 aromatic carbocycles. The molecular weight excluding hydrogens is 537 g/mol. The second-order valence-corrected chi connectivity index (χ2v) is 12.6. The van der Waals surface area contributed by atoms with Crippen molar-refractivity contribution >= 4 is 35.1 Å². The Kier molecular flexibility index (Phi) is 8.58. The van der Waals surface area contributed by atoms with Crippen molar-refractivity contribution in [3.8, 4) is 0 Å². The van der Waals surface area contributed by atoms with Crippen molar-refractivity contribution in [1.82, 2.24) is 19.9 Å². The van der Waals surface area contributed by atoms with Crippen LogP contribution in [-0.4, -0.2) is 44.0 Å². The van der Waals surface area contributed by atoms with Gasteiger partial charge >= 0.3 is 12.2 Å². The van der Waals surface area contributed by atoms with Crippen molar-refractivity contribution in [1.29, 1.82) is 0 Å². The fourth-order valence-corrected chi connectivity index (χ4v) is 4.53. The van der Waals surface area contributed by atoms with Crippen LogP contribution >= 0.6 is 11.6 Å². The van der Waals surface area contributed by atoms with Crippen LogP contribution in [-0.2, 0) is 22.4 Å². The van der Waals surface area contributed by atoms with Gasteiger partial charge in [0.2, 0.25) is 5.28 Å². The number of benzene rings is 1. The van der Waals surface area contributed by atoms with Gasteiger partial charge in [0.25, 0.3) is 0 Å². The lowest BCUT2D eigenvalue weighted by atomic mass is 10.0. The van der Waals surface area contributed by atoms with Crippen molar-refractivity contribution in [2.75, 3.05) is 4.90 Å². The maximum atomic E-state index is 14.6. The van der Waals surface area contributed by atoms with Gasteiger partial charge < -0.3 is 14.8 Å². The summed E-state index contributed by atoms with van der Waals surface area (Å²) in [4.78, 5) is 31.6. The number of anilines is 1. The lowest BCUT2D eigenvalue weighted by Gasteiger charge is -2.27. The Morgan fingerprint density at radius 3 is 2.45 bits per heavy atom. The van der Waals surface area contributed by atoms with E-state index in [1.165, 1.54) is 11.0 Å². The molecule has 1 N–H and O–H groups in total. The highest BCUT2D eigenvalue weighted by Crippen LogP contribution is 2.35. The Morgan fingerprint density at radius 1 is 1.15 bits per heavy atom. The molecule has 0 aliphatic heterocycles. The summed E-state index contributed by atoms with van der Waals surface area (Å²) >= 11 is 6.29. The number of carbonyl (C=O) groups excluding carboxylic acids is 2. The molecule has 4 rings (SSSR count). The van der Waals surface area contributed by atoms with Crippen LogP contribution in [0.3, 0.4) is 0 Å². The van der Waals surface area contributed by atoms with Gasteiger partial charge in [-0.15, -0.1) is 5.10 Å². The van der Waals surface area contributed by atoms with E-state index in [0.29, 0.717) is 23.4 Å². The first kappa shape index (κ1) is 29.6. The summed E-state index contributed by atoms with van der Waals surface area (Å²) in [5, 5.41) is 7.21. The second-order valence-electron chi connectivity index (χ2n) is 12.3. The topological polar surface area (TPSA) is 98.1 Å². The average Bonchev–Trinajstić information content (AvgIpc) is 3.52. The van der Waals surface area contributed by atoms with Crippen LogP contribution < -0.4 is 10.2 Å². The number of nitrogens with one attached hydrogen (secondary N) is 1. The molecule has 0 bridgehead atoms. The monoisotopic (exact) mass is 573 g/mol. The molecule has 1 atom stereocenters. The van der Waals surface area contributed by atoms with Crippen LogP contribution in [0.4, 0.5) is 19.8 Å². The number of ether oxygens (including phenoxy) is 2. The minimum Gasteiger partial charge on any atom is -0.444 e. The number of fused-ring (bicyclic) bond motifs is 1. The molecule has 1 aliphatic rings. The standard InChI is InChI=1S/C29H37ClFN5O4/c1-28(2,3)39-26(37)32-21(13-18-11-12-18)14-19-15-23-24(33-25(30)34-36(23)16-19)35(27(38)40-29(4,5)6)17-20-9-7-8-10-22(20)31/h7-10,15-16,18,21H,11-14,17H2,1-6H3,(H,32,37)/t21-/m0/s1. The Labute approximate surface area is 239 Å². The van der Waals surface area contributed by atoms with Gasteiger partial charge in [0, 0.05) is 17.8 Å². The first-order chi connectivity index (χ1) is 18.7. The number of rotatable bonds is 8. The molecule has 1 aliphatic carbocycles. The van der Waals surface area contributed by atoms with Crippen LogP contribution in [0.5, 0.6) is 0 Å². The number of hydrogen-bond donors (Lipinski definition) is 1. The first-order valence-corrected chi connectivity index (χ1v) is 13.8. The predicted molar refractivity (Wildman–Crippen MR) is 151 cm³/mol. The van der Waals surface area contributed by atoms with Crippen LogP contribution in [0.1, 0.15) is 71.9 Å². The second kappa shape index (κ2) is 11.6. The van der Waals surface area contributed by atoms with Gasteiger partial charge in [0.1, 0.15) is 22.5 Å². The summed E-state index contributed by atoms with van der Waals surface area (Å²) in [7, 11) is 0. The molecule has 2 amide bonds. The van der Waals surface area contributed by atoms with Gasteiger partial charge in [-0.2, -0.15) is 4.98 Å². The van der Waals surface area contributed by atoms with E-state index in [4.69, 9.17) is 21.1 Å². The highest BCUT2D eigenvalue weighted by molar-refractivity contribution is 6.28. The third-order valence-electron chi connectivity index (χ3n) is 6.15. The normalized spacial score (nSPS) is 14.6. The molecule has 1 fully saturated rings. The van der Waals surface area contributed by atoms with E-state index in [9.17, 15) is 14.0 Å². The van der Waals surface area contributed by atoms with Gasteiger partial charge in [0.15, 0.2) is 5.82 Å². The molecule has 1 saturated carbocycles. The summed E-state index contributed by atoms with van der Waals surface area (Å²) in [6, 6.07) is 7.90. The van der Waals surface area contributed by atoms with Crippen LogP contribution in [0.25, 0.3) is 5.52 Å². The quantitative estimate of drug-likeness (QED) is 0.322. The fourth-order valence-electron chi connectivity index (χ4n) is 4.37. The van der Waals surface area contributed by atoms with Gasteiger partial charge in [-0.05, 0) is 89.6 Å². The summed E-state index contributed by atoms with van der Waals surface area (Å²) in [6.45, 7) is 10.6. The number of aromatic nitrogens is 3. The van der Waals surface area contributed by atoms with E-state index in [-0.39, 0.29) is 23.7 Å². The molecule has 0 spiro atoms. The Balaban J connectivity index is 1.68. The lowest BCUT2D eigenvalue weighted by molar-refractivity contribution is 0.0498. The summed E-state index contributed by atoms with van der Waals surface area (Å²) in [6.07, 6.45) is 4.23. The molecule has 40 heavy (non-hydrogen) atoms. The number of amides is 2. The number of carbonyl (C=O) groups is 2. The molecule has 0 saturated heterocycles. The van der Waals surface area contributed by atoms with E-state index >= 15 is 0 Å². The predicted octanol–water partition coefficient (Wildman–Crippen LogP) is 6.70. The van der Waals surface area contributed by atoms with Gasteiger partial charge in [0.05, 0.1) is 6.54 Å². The molecule has 2 aromatic heterocycles. The minimum absolute atomic E-state index is 0.0897. The average molecular weight is 574 g/mol. The molecule has 9 nitrogen and oxygen atoms in total. The van der Waals surface area contributed by atoms with Crippen molar-refractivity contribution < 1.29 is 23.5 Å². The summed E-state index contributed by atoms with van der Waals surface area (Å²) < 4.78 is 27.3. The molecule has 2 heterocycles. The summed E-state index contributed by atoms with van der Waals surface area (Å²) in [5.74, 6) is 0.284. The van der Waals surface area contributed by atoms with Crippen LogP contribution in [0, 0.1) is 11.7 Å². The first-order valence-electron chi connectivity index (χ1n) is 13.4. The number of nitrogens with zero attached hydrogens (tertiary/aromatic N) is 4. The highest BCUT2D eigenvalue weighted by Gasteiger charge is 2.30. The zero-order chi connectivity index (χ0) is 29.2. The Morgan fingerprint density at radius 2 is 1.82 bits per heavy atom. The highest BCUT2D eigenvalue weighted by atomic mass is 35.5. The van der Waals surface area contributed by atoms with Gasteiger partial charge in [-0.25, -0.2) is 18.5 Å². The maximum Gasteiger partial charge on any atom is 0.416 e. The van der Waals surface area contributed by atoms with E-state index in [1.54, 1.807) is 49.7 Å². The SMILES string of the molecule is CC(C)(C)OC(=O)N[C@H](Cc1cc2c(N(Cc3ccccc3F)C(=O)OC(C)(C)C)nc(Cl)nn2c1)CC1CC1. The molecular formula is C29H37ClFN5O4. The fraction of sp³-hybridized carbons (Fsp3) is 0.517. The Hall–Kier alpha value is -3.40. The summed E-state index contributed by atoms with van der Waals surface area (Å²) in [5.41, 5.74) is 0.232. The number of hydrogen-bond acceptors (Lipinski definition) is 6. The largest absolute Gasteiger partial charge is 0.444 e. The zero-order valence-corrected chi connectivity index (χ0v) is 24.6. The van der Waals surface area contributed by atoms with E-state index < -0.39 is 29.2 Å². The van der Waals surface area contributed by atoms with Crippen molar-refractivity contribution in [3.05, 3.63) is 58.8 Å². The molecule has 216 valence electrons. The number of alkyl carbamates (subject to hydrolysis) is 1. The third-order valence-corrected chi connectivity index (χ3v) is 6.31. The van der Waals surface area contributed by atoms with E-state index in [2.05, 4.69) is 15.4 Å². The van der Waals surface area contributed by atoms with E-state index in [0.717, 1.165) is 24.8 Å². The molecule has 0 unspecified atom stereocenters. The lowest BCUT2D eigenvalue weighted by Crippen LogP contribution is -2.40. The number of halogens is 2. The smallest absolute Gasteiger partial charge is 0.416 e. The van der Waals surface area contributed by atoms with Gasteiger partial charge in [-0.1, -0.05) is 31.0 Å². The minimum atomic E-state index is -0.797.